The average Bonchev–Trinajstić information content (AvgIpc) is 2.27. The number of aliphatic hydroxyl groups excluding tert-OH is 1. The van der Waals surface area contributed by atoms with E-state index in [0.717, 1.165) is 25.2 Å². The van der Waals surface area contributed by atoms with Gasteiger partial charge in [0, 0.05) is 31.2 Å². The van der Waals surface area contributed by atoms with Crippen LogP contribution in [0.3, 0.4) is 0 Å². The highest BCUT2D eigenvalue weighted by atomic mass is 16.3. The van der Waals surface area contributed by atoms with E-state index in [1.165, 1.54) is 10.9 Å². The van der Waals surface area contributed by atoms with Crippen LogP contribution in [0.1, 0.15) is 5.56 Å². The lowest BCUT2D eigenvalue weighted by atomic mass is 10.1. The summed E-state index contributed by atoms with van der Waals surface area (Å²) in [7, 11) is 0. The number of nitrogens with zero attached hydrogens (tertiary/aromatic N) is 2. The second kappa shape index (κ2) is 3.85. The second-order valence-electron chi connectivity index (χ2n) is 4.38. The molecule has 1 aromatic carbocycles. The zero-order valence-electron chi connectivity index (χ0n) is 9.00. The number of likely N-dealkylation sites (tertiary alicyclic amines) is 1. The van der Waals surface area contributed by atoms with Gasteiger partial charge in [-0.05, 0) is 17.7 Å². The number of β-amino-alcohol motifs (C(OH)–C–C–N with tert-alkyl or cyclic N) is 1. The fraction of sp³-hybridized carbons (Fsp3) is 0.308. The standard InChI is InChI=1S/C13H14N2O/c16-12-8-15(9-12)7-10-5-11-3-1-2-4-13(11)14-6-10/h1-6,12,16H,7-9H2. The van der Waals surface area contributed by atoms with Crippen LogP contribution in [0.2, 0.25) is 0 Å². The average molecular weight is 214 g/mol. The maximum Gasteiger partial charge on any atom is 0.0794 e. The first-order valence-electron chi connectivity index (χ1n) is 5.55. The summed E-state index contributed by atoms with van der Waals surface area (Å²) in [6.45, 7) is 2.45. The molecule has 1 saturated heterocycles. The summed E-state index contributed by atoms with van der Waals surface area (Å²) >= 11 is 0. The van der Waals surface area contributed by atoms with Crippen molar-refractivity contribution in [2.45, 2.75) is 12.6 Å². The van der Waals surface area contributed by atoms with E-state index >= 15 is 0 Å². The van der Waals surface area contributed by atoms with E-state index in [0.29, 0.717) is 0 Å². The summed E-state index contributed by atoms with van der Waals surface area (Å²) in [5, 5.41) is 10.4. The number of benzene rings is 1. The number of aromatic nitrogens is 1. The number of aliphatic hydroxyl groups is 1. The van der Waals surface area contributed by atoms with Crippen LogP contribution in [0.15, 0.2) is 36.5 Å². The van der Waals surface area contributed by atoms with Gasteiger partial charge in [-0.25, -0.2) is 0 Å². The van der Waals surface area contributed by atoms with Crippen molar-refractivity contribution >= 4 is 10.9 Å². The Bertz CT molecular complexity index is 506. The quantitative estimate of drug-likeness (QED) is 0.821. The lowest BCUT2D eigenvalue weighted by Gasteiger charge is -2.35. The summed E-state index contributed by atoms with van der Waals surface area (Å²) in [4.78, 5) is 6.64. The minimum absolute atomic E-state index is 0.131. The maximum absolute atomic E-state index is 9.21. The molecule has 3 nitrogen and oxygen atoms in total. The minimum Gasteiger partial charge on any atom is -0.390 e. The van der Waals surface area contributed by atoms with Gasteiger partial charge in [-0.1, -0.05) is 18.2 Å². The van der Waals surface area contributed by atoms with Gasteiger partial charge in [0.2, 0.25) is 0 Å². The first kappa shape index (κ1) is 9.75. The Morgan fingerprint density at radius 1 is 1.31 bits per heavy atom. The van der Waals surface area contributed by atoms with E-state index in [-0.39, 0.29) is 6.10 Å². The van der Waals surface area contributed by atoms with E-state index in [4.69, 9.17) is 0 Å². The summed E-state index contributed by atoms with van der Waals surface area (Å²) < 4.78 is 0. The SMILES string of the molecule is OC1CN(Cc2cnc3ccccc3c2)C1. The van der Waals surface area contributed by atoms with Crippen LogP contribution in [0.25, 0.3) is 10.9 Å². The fourth-order valence-electron chi connectivity index (χ4n) is 2.13. The Hall–Kier alpha value is -1.45. The molecule has 1 fully saturated rings. The van der Waals surface area contributed by atoms with E-state index in [1.54, 1.807) is 0 Å². The molecule has 0 atom stereocenters. The largest absolute Gasteiger partial charge is 0.390 e. The number of fused-ring (bicyclic) bond motifs is 1. The predicted octanol–water partition coefficient (Wildman–Crippen LogP) is 1.41. The van der Waals surface area contributed by atoms with Gasteiger partial charge in [-0.2, -0.15) is 0 Å². The highest BCUT2D eigenvalue weighted by molar-refractivity contribution is 5.78. The molecule has 3 heteroatoms. The lowest BCUT2D eigenvalue weighted by molar-refractivity contribution is -0.00289. The predicted molar refractivity (Wildman–Crippen MR) is 63.0 cm³/mol. The Balaban J connectivity index is 1.82. The minimum atomic E-state index is -0.131. The van der Waals surface area contributed by atoms with Gasteiger partial charge in [0.1, 0.15) is 0 Å². The normalized spacial score (nSPS) is 17.6. The van der Waals surface area contributed by atoms with Crippen LogP contribution in [0, 0.1) is 0 Å². The molecule has 1 aromatic heterocycles. The number of rotatable bonds is 2. The Morgan fingerprint density at radius 2 is 2.12 bits per heavy atom. The van der Waals surface area contributed by atoms with Crippen molar-refractivity contribution in [2.24, 2.45) is 0 Å². The molecule has 2 aromatic rings. The first-order valence-corrected chi connectivity index (χ1v) is 5.55. The Labute approximate surface area is 94.3 Å². The van der Waals surface area contributed by atoms with Gasteiger partial charge >= 0.3 is 0 Å². The fourth-order valence-corrected chi connectivity index (χ4v) is 2.13. The van der Waals surface area contributed by atoms with Crippen molar-refractivity contribution in [3.63, 3.8) is 0 Å². The van der Waals surface area contributed by atoms with Crippen LogP contribution in [0.4, 0.5) is 0 Å². The summed E-state index contributed by atoms with van der Waals surface area (Å²) in [6, 6.07) is 10.3. The van der Waals surface area contributed by atoms with Crippen molar-refractivity contribution in [1.82, 2.24) is 9.88 Å². The molecule has 1 aliphatic heterocycles. The van der Waals surface area contributed by atoms with Crippen LogP contribution < -0.4 is 0 Å². The van der Waals surface area contributed by atoms with Gasteiger partial charge in [-0.15, -0.1) is 0 Å². The molecule has 0 amide bonds. The van der Waals surface area contributed by atoms with Crippen molar-refractivity contribution < 1.29 is 5.11 Å². The molecule has 0 unspecified atom stereocenters. The zero-order chi connectivity index (χ0) is 11.0. The van der Waals surface area contributed by atoms with Crippen molar-refractivity contribution in [2.75, 3.05) is 13.1 Å². The van der Waals surface area contributed by atoms with Crippen molar-refractivity contribution in [3.8, 4) is 0 Å². The van der Waals surface area contributed by atoms with Gasteiger partial charge in [0.05, 0.1) is 11.6 Å². The molecule has 0 saturated carbocycles. The third kappa shape index (κ3) is 1.79. The molecule has 0 aliphatic carbocycles. The Morgan fingerprint density at radius 3 is 2.94 bits per heavy atom. The van der Waals surface area contributed by atoms with E-state index in [2.05, 4.69) is 22.0 Å². The van der Waals surface area contributed by atoms with Crippen molar-refractivity contribution in [1.29, 1.82) is 0 Å². The topological polar surface area (TPSA) is 36.4 Å². The zero-order valence-corrected chi connectivity index (χ0v) is 9.00. The van der Waals surface area contributed by atoms with Crippen LogP contribution in [-0.2, 0) is 6.54 Å². The van der Waals surface area contributed by atoms with Crippen LogP contribution in [-0.4, -0.2) is 34.2 Å². The van der Waals surface area contributed by atoms with Gasteiger partial charge in [0.25, 0.3) is 0 Å². The summed E-state index contributed by atoms with van der Waals surface area (Å²) in [5.41, 5.74) is 2.25. The molecular formula is C13H14N2O. The molecule has 1 aliphatic rings. The molecule has 82 valence electrons. The third-order valence-corrected chi connectivity index (χ3v) is 2.99. The first-order chi connectivity index (χ1) is 7.81. The number of para-hydroxylation sites is 1. The molecule has 1 N–H and O–H groups in total. The summed E-state index contributed by atoms with van der Waals surface area (Å²) in [5.74, 6) is 0. The molecule has 0 radical (unpaired) electrons. The molecule has 0 spiro atoms. The number of pyridine rings is 1. The molecule has 3 rings (SSSR count). The summed E-state index contributed by atoms with van der Waals surface area (Å²) in [6.07, 6.45) is 1.79. The van der Waals surface area contributed by atoms with Crippen molar-refractivity contribution in [3.05, 3.63) is 42.1 Å². The monoisotopic (exact) mass is 214 g/mol. The Kier molecular flexibility index (Phi) is 2.35. The molecular weight excluding hydrogens is 200 g/mol. The van der Waals surface area contributed by atoms with E-state index in [1.807, 2.05) is 24.4 Å². The van der Waals surface area contributed by atoms with Gasteiger partial charge in [0.15, 0.2) is 0 Å². The second-order valence-corrected chi connectivity index (χ2v) is 4.38. The smallest absolute Gasteiger partial charge is 0.0794 e. The number of hydrogen-bond donors (Lipinski definition) is 1. The highest BCUT2D eigenvalue weighted by Gasteiger charge is 2.23. The number of hydrogen-bond acceptors (Lipinski definition) is 3. The molecule has 16 heavy (non-hydrogen) atoms. The van der Waals surface area contributed by atoms with Gasteiger partial charge < -0.3 is 5.11 Å². The maximum atomic E-state index is 9.21. The molecule has 2 heterocycles. The highest BCUT2D eigenvalue weighted by Crippen LogP contribution is 2.16. The van der Waals surface area contributed by atoms with Gasteiger partial charge in [-0.3, -0.25) is 9.88 Å². The van der Waals surface area contributed by atoms with Crippen LogP contribution in [0.5, 0.6) is 0 Å². The van der Waals surface area contributed by atoms with E-state index < -0.39 is 0 Å². The van der Waals surface area contributed by atoms with E-state index in [9.17, 15) is 5.11 Å². The lowest BCUT2D eigenvalue weighted by Crippen LogP contribution is -2.49. The third-order valence-electron chi connectivity index (χ3n) is 2.99. The van der Waals surface area contributed by atoms with Crippen LogP contribution >= 0.6 is 0 Å². The molecule has 0 bridgehead atoms.